The molecule has 3 rings (SSSR count). The maximum absolute atomic E-state index is 14.2. The van der Waals surface area contributed by atoms with E-state index in [2.05, 4.69) is 16.7 Å². The van der Waals surface area contributed by atoms with Crippen molar-refractivity contribution in [1.82, 2.24) is 14.7 Å². The Balaban J connectivity index is 1.95. The molecule has 3 heterocycles. The first-order chi connectivity index (χ1) is 21.1. The van der Waals surface area contributed by atoms with Gasteiger partial charge in [-0.3, -0.25) is 14.5 Å². The van der Waals surface area contributed by atoms with Gasteiger partial charge in [0, 0.05) is 38.2 Å². The lowest BCUT2D eigenvalue weighted by Gasteiger charge is -2.47. The molecular weight excluding hydrogens is 578 g/mol. The highest BCUT2D eigenvalue weighted by Crippen LogP contribution is 2.38. The summed E-state index contributed by atoms with van der Waals surface area (Å²) in [5.41, 5.74) is -2.40. The van der Waals surface area contributed by atoms with Crippen LogP contribution in [0.2, 0.25) is 0 Å². The molecular formula is C34H63N3O8. The molecule has 3 aliphatic heterocycles. The van der Waals surface area contributed by atoms with Crippen LogP contribution >= 0.6 is 0 Å². The third-order valence-corrected chi connectivity index (χ3v) is 10.4. The average molecular weight is 642 g/mol. The monoisotopic (exact) mass is 641 g/mol. The van der Waals surface area contributed by atoms with E-state index in [0.29, 0.717) is 25.9 Å². The number of hydrogen-bond donors (Lipinski definition) is 2. The van der Waals surface area contributed by atoms with Crippen LogP contribution < -0.4 is 0 Å². The lowest BCUT2D eigenvalue weighted by Crippen LogP contribution is -2.59. The van der Waals surface area contributed by atoms with Crippen molar-refractivity contribution in [1.29, 1.82) is 0 Å². The maximum Gasteiger partial charge on any atom is 0.319 e. The second-order valence-electron chi connectivity index (χ2n) is 14.9. The summed E-state index contributed by atoms with van der Waals surface area (Å²) in [5.74, 6) is -1.59. The minimum atomic E-state index is -1.44. The van der Waals surface area contributed by atoms with Gasteiger partial charge in [-0.15, -0.1) is 0 Å². The van der Waals surface area contributed by atoms with Gasteiger partial charge < -0.3 is 39.0 Å². The molecule has 0 aromatic carbocycles. The van der Waals surface area contributed by atoms with Crippen LogP contribution in [0.1, 0.15) is 80.1 Å². The number of Topliss-reactive ketones (excluding diaryl/α,β-unsaturated/α-hetero) is 1. The Labute approximate surface area is 271 Å². The van der Waals surface area contributed by atoms with Gasteiger partial charge in [0.1, 0.15) is 18.1 Å². The van der Waals surface area contributed by atoms with Gasteiger partial charge in [0.05, 0.1) is 24.4 Å². The molecule has 2 N–H and O–H groups in total. The number of methoxy groups -OCH3 is 1. The lowest BCUT2D eigenvalue weighted by atomic mass is 9.74. The SMILES string of the molecule is COC1(C)CC(C)CN(CCO)C(CCCN2CCCC2)COC(=O)C(C)(C)C(=O)C(C)C1O[C@@H]1O[C@H](C)C[C@H](N(C)C)[C@H]1O. The van der Waals surface area contributed by atoms with Crippen molar-refractivity contribution in [3.05, 3.63) is 0 Å². The molecule has 0 amide bonds. The van der Waals surface area contributed by atoms with Gasteiger partial charge in [0.25, 0.3) is 0 Å². The number of hydrogen-bond acceptors (Lipinski definition) is 11. The molecule has 0 aliphatic carbocycles. The average Bonchev–Trinajstić information content (AvgIpc) is 3.50. The van der Waals surface area contributed by atoms with Crippen molar-refractivity contribution >= 4 is 11.8 Å². The van der Waals surface area contributed by atoms with Crippen LogP contribution in [0.25, 0.3) is 0 Å². The number of carbonyl (C=O) groups excluding carboxylic acids is 2. The number of likely N-dealkylation sites (N-methyl/N-ethyl adjacent to an activating group) is 1. The molecule has 11 heteroatoms. The van der Waals surface area contributed by atoms with Gasteiger partial charge in [-0.05, 0) is 106 Å². The van der Waals surface area contributed by atoms with Crippen molar-refractivity contribution in [2.45, 2.75) is 122 Å². The zero-order valence-corrected chi connectivity index (χ0v) is 29.5. The van der Waals surface area contributed by atoms with Crippen molar-refractivity contribution in [2.75, 3.05) is 67.1 Å². The molecule has 3 aliphatic rings. The van der Waals surface area contributed by atoms with Gasteiger partial charge in [-0.25, -0.2) is 0 Å². The third-order valence-electron chi connectivity index (χ3n) is 10.4. The number of esters is 1. The molecule has 11 nitrogen and oxygen atoms in total. The Bertz CT molecular complexity index is 944. The summed E-state index contributed by atoms with van der Waals surface area (Å²) >= 11 is 0. The topological polar surface area (TPSA) is 121 Å². The largest absolute Gasteiger partial charge is 0.463 e. The predicted molar refractivity (Wildman–Crippen MR) is 173 cm³/mol. The summed E-state index contributed by atoms with van der Waals surface area (Å²) in [7, 11) is 5.45. The molecule has 0 aromatic heterocycles. The normalized spacial score (nSPS) is 38.0. The zero-order valence-electron chi connectivity index (χ0n) is 29.5. The number of ketones is 1. The predicted octanol–water partition coefficient (Wildman–Crippen LogP) is 2.56. The van der Waals surface area contributed by atoms with E-state index in [1.54, 1.807) is 27.9 Å². The summed E-state index contributed by atoms with van der Waals surface area (Å²) < 4.78 is 24.9. The van der Waals surface area contributed by atoms with Crippen LogP contribution in [0.4, 0.5) is 0 Å². The van der Waals surface area contributed by atoms with Crippen LogP contribution in [0.15, 0.2) is 0 Å². The summed E-state index contributed by atoms with van der Waals surface area (Å²) in [4.78, 5) is 34.5. The molecule has 0 bridgehead atoms. The number of carbonyl (C=O) groups is 2. The molecule has 262 valence electrons. The Kier molecular flexibility index (Phi) is 14.3. The van der Waals surface area contributed by atoms with E-state index >= 15 is 0 Å². The van der Waals surface area contributed by atoms with E-state index in [0.717, 1.165) is 32.5 Å². The van der Waals surface area contributed by atoms with E-state index in [-0.39, 0.29) is 43.1 Å². The van der Waals surface area contributed by atoms with E-state index in [9.17, 15) is 19.8 Å². The molecule has 3 fully saturated rings. The van der Waals surface area contributed by atoms with Gasteiger partial charge >= 0.3 is 5.97 Å². The van der Waals surface area contributed by atoms with Crippen molar-refractivity contribution in [3.8, 4) is 0 Å². The second kappa shape index (κ2) is 16.8. The number of nitrogens with zero attached hydrogens (tertiary/aromatic N) is 3. The Morgan fingerprint density at radius 1 is 1.07 bits per heavy atom. The Hall–Kier alpha value is -1.18. The van der Waals surface area contributed by atoms with Crippen LogP contribution in [0.3, 0.4) is 0 Å². The fraction of sp³-hybridized carbons (Fsp3) is 0.941. The van der Waals surface area contributed by atoms with Crippen LogP contribution in [-0.2, 0) is 28.5 Å². The quantitative estimate of drug-likeness (QED) is 0.271. The van der Waals surface area contributed by atoms with Gasteiger partial charge in [-0.2, -0.15) is 0 Å². The number of β-amino-alcohol motifs (C(OH)–C–C–N with tert-alkyl or cyclic N) is 1. The number of cyclic esters (lactones) is 1. The van der Waals surface area contributed by atoms with Gasteiger partial charge in [-0.1, -0.05) is 13.8 Å². The second-order valence-corrected chi connectivity index (χ2v) is 14.9. The molecule has 0 spiro atoms. The molecule has 45 heavy (non-hydrogen) atoms. The fourth-order valence-electron chi connectivity index (χ4n) is 7.70. The standard InChI is InChI=1S/C34H63N3O8/c1-23-20-34(6,42-9)30(45-31-28(39)27(35(7)8)19-24(2)44-31)25(3)29(40)33(4,5)32(41)43-22-26(37(21-23)17-18-38)13-12-16-36-14-10-11-15-36/h23-28,30-31,38-39H,10-22H2,1-9H3/t23?,24-,25?,26?,27+,28-,30?,31+,34?/m1/s1. The Morgan fingerprint density at radius 2 is 1.73 bits per heavy atom. The molecule has 0 aromatic rings. The minimum Gasteiger partial charge on any atom is -0.463 e. The maximum atomic E-state index is 14.2. The van der Waals surface area contributed by atoms with Gasteiger partial charge in [0.15, 0.2) is 12.1 Å². The van der Waals surface area contributed by atoms with Crippen LogP contribution in [0.5, 0.6) is 0 Å². The fourth-order valence-corrected chi connectivity index (χ4v) is 7.70. The molecule has 9 atom stereocenters. The van der Waals surface area contributed by atoms with Gasteiger partial charge in [0.2, 0.25) is 0 Å². The first-order valence-electron chi connectivity index (χ1n) is 17.1. The van der Waals surface area contributed by atoms with Crippen LogP contribution in [0, 0.1) is 17.3 Å². The summed E-state index contributed by atoms with van der Waals surface area (Å²) in [5, 5.41) is 21.4. The molecule has 0 radical (unpaired) electrons. The zero-order chi connectivity index (χ0) is 33.5. The van der Waals surface area contributed by atoms with E-state index in [1.807, 2.05) is 32.8 Å². The third kappa shape index (κ3) is 9.69. The van der Waals surface area contributed by atoms with Crippen LogP contribution in [-0.4, -0.2) is 146 Å². The number of ether oxygens (including phenoxy) is 4. The molecule has 3 saturated heterocycles. The number of likely N-dealkylation sites (tertiary alicyclic amines) is 1. The number of rotatable bonds is 10. The van der Waals surface area contributed by atoms with E-state index < -0.39 is 41.4 Å². The highest BCUT2D eigenvalue weighted by molar-refractivity contribution is 6.04. The smallest absolute Gasteiger partial charge is 0.319 e. The first kappa shape index (κ1) is 38.3. The number of aliphatic hydroxyl groups excluding tert-OH is 2. The minimum absolute atomic E-state index is 0.0142. The summed E-state index contributed by atoms with van der Waals surface area (Å²) in [6.07, 6.45) is 2.51. The van der Waals surface area contributed by atoms with Crippen molar-refractivity contribution in [2.24, 2.45) is 17.3 Å². The lowest BCUT2D eigenvalue weighted by molar-refractivity contribution is -0.295. The Morgan fingerprint density at radius 3 is 2.33 bits per heavy atom. The van der Waals surface area contributed by atoms with Crippen molar-refractivity contribution < 1.29 is 38.7 Å². The molecule has 5 unspecified atom stereocenters. The highest BCUT2D eigenvalue weighted by atomic mass is 16.7. The van der Waals surface area contributed by atoms with Crippen molar-refractivity contribution in [3.63, 3.8) is 0 Å². The first-order valence-corrected chi connectivity index (χ1v) is 17.1. The highest BCUT2D eigenvalue weighted by Gasteiger charge is 2.51. The summed E-state index contributed by atoms with van der Waals surface area (Å²) in [6.45, 7) is 15.5. The molecule has 0 saturated carbocycles. The number of aliphatic hydroxyl groups is 2. The van der Waals surface area contributed by atoms with E-state index in [1.165, 1.54) is 12.8 Å². The van der Waals surface area contributed by atoms with E-state index in [4.69, 9.17) is 18.9 Å². The summed E-state index contributed by atoms with van der Waals surface area (Å²) in [6, 6.07) is -0.278.